The number of aromatic nitrogens is 3. The Morgan fingerprint density at radius 1 is 1.13 bits per heavy atom. The molecule has 1 amide bonds. The molecule has 3 N–H and O–H groups in total. The molecule has 0 saturated heterocycles. The van der Waals surface area contributed by atoms with Crippen LogP contribution >= 0.6 is 34.4 Å². The molecule has 0 aliphatic carbocycles. The number of nitrogens with two attached hydrogens (primary N) is 1. The number of hydrogen-bond donors (Lipinski definition) is 2. The van der Waals surface area contributed by atoms with Gasteiger partial charge in [-0.1, -0.05) is 53.4 Å². The Balaban J connectivity index is 1.53. The molecule has 0 saturated carbocycles. The van der Waals surface area contributed by atoms with Crippen molar-refractivity contribution in [2.24, 2.45) is 0 Å². The van der Waals surface area contributed by atoms with Gasteiger partial charge >= 0.3 is 0 Å². The second kappa shape index (κ2) is 9.24. The summed E-state index contributed by atoms with van der Waals surface area (Å²) in [4.78, 5) is 17.7. The van der Waals surface area contributed by atoms with Crippen LogP contribution in [-0.2, 0) is 4.79 Å². The van der Waals surface area contributed by atoms with Crippen LogP contribution in [0.2, 0.25) is 0 Å². The molecule has 0 radical (unpaired) electrons. The summed E-state index contributed by atoms with van der Waals surface area (Å²) in [6.45, 7) is 0. The summed E-state index contributed by atoms with van der Waals surface area (Å²) < 4.78 is 5.82. The minimum atomic E-state index is -0.508. The Kier molecular flexibility index (Phi) is 6.26. The summed E-state index contributed by atoms with van der Waals surface area (Å²) in [6.07, 6.45) is 0. The van der Waals surface area contributed by atoms with E-state index in [0.717, 1.165) is 22.6 Å². The van der Waals surface area contributed by atoms with Gasteiger partial charge in [0.25, 0.3) is 0 Å². The summed E-state index contributed by atoms with van der Waals surface area (Å²) in [5.41, 5.74) is 8.29. The number of ether oxygens (including phenoxy) is 1. The average Bonchev–Trinajstić information content (AvgIpc) is 3.41. The van der Waals surface area contributed by atoms with Crippen LogP contribution in [0.1, 0.15) is 10.8 Å². The molecule has 0 bridgehead atoms. The molecule has 1 atom stereocenters. The van der Waals surface area contributed by atoms with Crippen LogP contribution in [0.3, 0.4) is 0 Å². The molecule has 0 aliphatic rings. The highest BCUT2D eigenvalue weighted by atomic mass is 32.2. The molecule has 4 rings (SSSR count). The van der Waals surface area contributed by atoms with Crippen LogP contribution in [-0.4, -0.2) is 28.2 Å². The lowest BCUT2D eigenvalue weighted by Gasteiger charge is -2.14. The Morgan fingerprint density at radius 2 is 1.90 bits per heavy atom. The maximum Gasteiger partial charge on any atom is 0.244 e. The number of nitrogen functional groups attached to an aromatic ring is 1. The van der Waals surface area contributed by atoms with E-state index >= 15 is 0 Å². The predicted octanol–water partition coefficient (Wildman–Crippen LogP) is 4.72. The van der Waals surface area contributed by atoms with Gasteiger partial charge in [-0.3, -0.25) is 4.79 Å². The molecule has 0 aliphatic heterocycles. The van der Waals surface area contributed by atoms with Crippen LogP contribution in [0, 0.1) is 0 Å². The number of hydrogen-bond acceptors (Lipinski definition) is 9. The summed E-state index contributed by atoms with van der Waals surface area (Å²) in [6, 6.07) is 17.1. The van der Waals surface area contributed by atoms with E-state index in [2.05, 4.69) is 20.5 Å². The van der Waals surface area contributed by atoms with Crippen molar-refractivity contribution in [3.8, 4) is 17.0 Å². The van der Waals surface area contributed by atoms with Crippen molar-refractivity contribution in [2.45, 2.75) is 9.59 Å². The number of thiazole rings is 1. The van der Waals surface area contributed by atoms with Gasteiger partial charge in [-0.05, 0) is 29.8 Å². The fraction of sp³-hybridized carbons (Fsp3) is 0.100. The van der Waals surface area contributed by atoms with Crippen LogP contribution < -0.4 is 15.8 Å². The maximum atomic E-state index is 13.1. The fourth-order valence-electron chi connectivity index (χ4n) is 2.67. The van der Waals surface area contributed by atoms with Gasteiger partial charge in [-0.15, -0.1) is 21.5 Å². The lowest BCUT2D eigenvalue weighted by molar-refractivity contribution is -0.115. The molecule has 4 aromatic rings. The third-order valence-electron chi connectivity index (χ3n) is 4.10. The van der Waals surface area contributed by atoms with E-state index in [1.807, 2.05) is 60.0 Å². The lowest BCUT2D eigenvalue weighted by Crippen LogP contribution is -2.18. The van der Waals surface area contributed by atoms with E-state index in [-0.39, 0.29) is 5.91 Å². The third-order valence-corrected chi connectivity index (χ3v) is 6.95. The first-order valence-corrected chi connectivity index (χ1v) is 11.4. The minimum absolute atomic E-state index is 0.185. The topological polar surface area (TPSA) is 103 Å². The largest absolute Gasteiger partial charge is 0.497 e. The molecule has 2 aromatic carbocycles. The summed E-state index contributed by atoms with van der Waals surface area (Å²) >= 11 is 3.94. The van der Waals surface area contributed by atoms with Crippen LogP contribution in [0.4, 0.5) is 10.3 Å². The van der Waals surface area contributed by atoms with Crippen molar-refractivity contribution in [1.82, 2.24) is 15.2 Å². The number of rotatable bonds is 7. The van der Waals surface area contributed by atoms with Gasteiger partial charge in [0.2, 0.25) is 11.0 Å². The molecule has 0 fully saturated rings. The van der Waals surface area contributed by atoms with E-state index in [0.29, 0.717) is 14.6 Å². The first kappa shape index (κ1) is 20.3. The van der Waals surface area contributed by atoms with Crippen molar-refractivity contribution < 1.29 is 9.53 Å². The smallest absolute Gasteiger partial charge is 0.244 e. The molecule has 2 heterocycles. The Bertz CT molecular complexity index is 1130. The normalized spacial score (nSPS) is 11.8. The van der Waals surface area contributed by atoms with E-state index in [1.54, 1.807) is 7.11 Å². The Morgan fingerprint density at radius 3 is 2.57 bits per heavy atom. The molecule has 7 nitrogen and oxygen atoms in total. The van der Waals surface area contributed by atoms with Crippen molar-refractivity contribution in [3.05, 3.63) is 65.5 Å². The van der Waals surface area contributed by atoms with Gasteiger partial charge in [0, 0.05) is 10.9 Å². The zero-order valence-corrected chi connectivity index (χ0v) is 18.3. The number of thioether (sulfide) groups is 1. The summed E-state index contributed by atoms with van der Waals surface area (Å²) in [5.74, 6) is 0.596. The van der Waals surface area contributed by atoms with Crippen molar-refractivity contribution in [1.29, 1.82) is 0 Å². The molecule has 2 aromatic heterocycles. The minimum Gasteiger partial charge on any atom is -0.497 e. The number of benzene rings is 2. The van der Waals surface area contributed by atoms with Crippen molar-refractivity contribution in [2.75, 3.05) is 18.2 Å². The number of nitrogens with zero attached hydrogens (tertiary/aromatic N) is 3. The maximum absolute atomic E-state index is 13.1. The quantitative estimate of drug-likeness (QED) is 0.389. The van der Waals surface area contributed by atoms with Crippen molar-refractivity contribution >= 4 is 50.6 Å². The van der Waals surface area contributed by atoms with Gasteiger partial charge in [-0.2, -0.15) is 0 Å². The lowest BCUT2D eigenvalue weighted by atomic mass is 10.1. The van der Waals surface area contributed by atoms with E-state index < -0.39 is 5.25 Å². The molecule has 10 heteroatoms. The standard InChI is InChI=1S/C20H17N5O2S3/c1-27-14-9-7-12(8-10-14)15-11-28-19(22-15)23-17(26)16(13-5-3-2-4-6-13)29-20-25-24-18(21)30-20/h2-11,16H,1H3,(H2,21,24)(H,22,23,26). The first-order chi connectivity index (χ1) is 14.6. The molecular formula is C20H17N5O2S3. The van der Waals surface area contributed by atoms with Gasteiger partial charge in [-0.25, -0.2) is 4.98 Å². The zero-order valence-electron chi connectivity index (χ0n) is 15.8. The number of methoxy groups -OCH3 is 1. The number of nitrogens with one attached hydrogen (secondary N) is 1. The van der Waals surface area contributed by atoms with Gasteiger partial charge in [0.15, 0.2) is 9.47 Å². The molecule has 30 heavy (non-hydrogen) atoms. The highest BCUT2D eigenvalue weighted by Gasteiger charge is 2.25. The van der Waals surface area contributed by atoms with E-state index in [4.69, 9.17) is 10.5 Å². The monoisotopic (exact) mass is 455 g/mol. The van der Waals surface area contributed by atoms with Crippen LogP contribution in [0.5, 0.6) is 5.75 Å². The average molecular weight is 456 g/mol. The Hall–Kier alpha value is -2.95. The molecule has 1 unspecified atom stereocenters. The second-order valence-electron chi connectivity index (χ2n) is 6.07. The second-order valence-corrected chi connectivity index (χ2v) is 9.29. The third kappa shape index (κ3) is 4.78. The van der Waals surface area contributed by atoms with Gasteiger partial charge in [0.05, 0.1) is 12.8 Å². The zero-order chi connectivity index (χ0) is 20.9. The summed E-state index contributed by atoms with van der Waals surface area (Å²) in [7, 11) is 1.63. The molecule has 0 spiro atoms. The molecular weight excluding hydrogens is 438 g/mol. The highest BCUT2D eigenvalue weighted by molar-refractivity contribution is 8.02. The number of anilines is 2. The van der Waals surface area contributed by atoms with E-state index in [9.17, 15) is 4.79 Å². The number of amides is 1. The van der Waals surface area contributed by atoms with Gasteiger partial charge in [0.1, 0.15) is 11.0 Å². The van der Waals surface area contributed by atoms with E-state index in [1.165, 1.54) is 34.4 Å². The van der Waals surface area contributed by atoms with Crippen molar-refractivity contribution in [3.63, 3.8) is 0 Å². The number of carbonyl (C=O) groups is 1. The fourth-order valence-corrected chi connectivity index (χ4v) is 5.22. The Labute approximate surface area is 185 Å². The van der Waals surface area contributed by atoms with Crippen LogP contribution in [0.25, 0.3) is 11.3 Å². The van der Waals surface area contributed by atoms with Gasteiger partial charge < -0.3 is 15.8 Å². The highest BCUT2D eigenvalue weighted by Crippen LogP contribution is 2.38. The first-order valence-electron chi connectivity index (χ1n) is 8.84. The summed E-state index contributed by atoms with van der Waals surface area (Å²) in [5, 5.41) is 13.1. The number of carbonyl (C=O) groups excluding carboxylic acids is 1. The molecule has 152 valence electrons. The van der Waals surface area contributed by atoms with Crippen LogP contribution in [0.15, 0.2) is 64.3 Å². The SMILES string of the molecule is COc1ccc(-c2csc(NC(=O)C(Sc3nnc(N)s3)c3ccccc3)n2)cc1. The predicted molar refractivity (Wildman–Crippen MR) is 122 cm³/mol.